The fourth-order valence-corrected chi connectivity index (χ4v) is 1.92. The smallest absolute Gasteiger partial charge is 0.120 e. The van der Waals surface area contributed by atoms with Crippen molar-refractivity contribution in [2.45, 2.75) is 6.54 Å². The second-order valence-corrected chi connectivity index (χ2v) is 4.70. The number of benzene rings is 2. The number of aromatic hydroxyl groups is 1. The molecular formula is C14H11BrNO2-. The molecule has 0 saturated heterocycles. The van der Waals surface area contributed by atoms with Crippen LogP contribution in [0.4, 0.5) is 0 Å². The van der Waals surface area contributed by atoms with Crippen molar-refractivity contribution in [2.75, 3.05) is 0 Å². The molecule has 0 heterocycles. The molecule has 0 atom stereocenters. The lowest BCUT2D eigenvalue weighted by Gasteiger charge is -2.08. The van der Waals surface area contributed by atoms with Crippen LogP contribution >= 0.6 is 15.9 Å². The summed E-state index contributed by atoms with van der Waals surface area (Å²) in [4.78, 5) is 4.17. The predicted octanol–water partition coefficient (Wildman–Crippen LogP) is 2.85. The number of para-hydroxylation sites is 1. The Hall–Kier alpha value is -1.81. The summed E-state index contributed by atoms with van der Waals surface area (Å²) in [7, 11) is 0. The van der Waals surface area contributed by atoms with Gasteiger partial charge in [-0.25, -0.2) is 0 Å². The summed E-state index contributed by atoms with van der Waals surface area (Å²) in [6.07, 6.45) is 1.53. The molecule has 2 aromatic rings. The van der Waals surface area contributed by atoms with E-state index in [2.05, 4.69) is 20.9 Å². The van der Waals surface area contributed by atoms with Crippen molar-refractivity contribution >= 4 is 22.1 Å². The predicted molar refractivity (Wildman–Crippen MR) is 73.0 cm³/mol. The highest BCUT2D eigenvalue weighted by atomic mass is 79.9. The Labute approximate surface area is 114 Å². The molecule has 92 valence electrons. The number of aliphatic imine (C=N–C) groups is 1. The molecule has 3 nitrogen and oxygen atoms in total. The van der Waals surface area contributed by atoms with Gasteiger partial charge >= 0.3 is 0 Å². The lowest BCUT2D eigenvalue weighted by molar-refractivity contribution is -0.268. The molecule has 4 heteroatoms. The number of hydrogen-bond donors (Lipinski definition) is 1. The first-order valence-electron chi connectivity index (χ1n) is 5.40. The summed E-state index contributed by atoms with van der Waals surface area (Å²) in [6, 6.07) is 11.9. The zero-order valence-electron chi connectivity index (χ0n) is 9.51. The first kappa shape index (κ1) is 12.6. The number of rotatable bonds is 3. The van der Waals surface area contributed by atoms with Crippen molar-refractivity contribution < 1.29 is 10.2 Å². The van der Waals surface area contributed by atoms with Gasteiger partial charge in [0, 0.05) is 16.3 Å². The maximum Gasteiger partial charge on any atom is 0.120 e. The van der Waals surface area contributed by atoms with Crippen LogP contribution in [0, 0.1) is 0 Å². The van der Waals surface area contributed by atoms with E-state index < -0.39 is 0 Å². The van der Waals surface area contributed by atoms with Crippen molar-refractivity contribution in [2.24, 2.45) is 4.99 Å². The number of nitrogens with zero attached hydrogens (tertiary/aromatic N) is 1. The van der Waals surface area contributed by atoms with E-state index in [1.54, 1.807) is 36.4 Å². The molecule has 1 N–H and O–H groups in total. The van der Waals surface area contributed by atoms with E-state index in [-0.39, 0.29) is 11.5 Å². The molecule has 0 amide bonds. The molecule has 0 aromatic heterocycles. The van der Waals surface area contributed by atoms with Gasteiger partial charge in [0.25, 0.3) is 0 Å². The second kappa shape index (κ2) is 5.69. The Morgan fingerprint density at radius 3 is 2.78 bits per heavy atom. The normalized spacial score (nSPS) is 10.9. The molecule has 0 saturated carbocycles. The molecule has 0 aliphatic carbocycles. The van der Waals surface area contributed by atoms with Gasteiger partial charge in [-0.1, -0.05) is 40.2 Å². The van der Waals surface area contributed by atoms with E-state index in [4.69, 9.17) is 0 Å². The Balaban J connectivity index is 2.12. The van der Waals surface area contributed by atoms with Crippen LogP contribution in [0.2, 0.25) is 0 Å². The quantitative estimate of drug-likeness (QED) is 0.887. The average molecular weight is 305 g/mol. The largest absolute Gasteiger partial charge is 0.872 e. The fraction of sp³-hybridized carbons (Fsp3) is 0.0714. The summed E-state index contributed by atoms with van der Waals surface area (Å²) < 4.78 is 0.884. The molecule has 0 aliphatic rings. The van der Waals surface area contributed by atoms with Crippen LogP contribution in [0.25, 0.3) is 0 Å². The van der Waals surface area contributed by atoms with Crippen LogP contribution in [0.1, 0.15) is 11.1 Å². The van der Waals surface area contributed by atoms with Gasteiger partial charge < -0.3 is 10.2 Å². The van der Waals surface area contributed by atoms with Crippen LogP contribution in [0.3, 0.4) is 0 Å². The van der Waals surface area contributed by atoms with Gasteiger partial charge in [-0.2, -0.15) is 0 Å². The van der Waals surface area contributed by atoms with Crippen molar-refractivity contribution in [3.05, 3.63) is 58.1 Å². The Morgan fingerprint density at radius 1 is 1.22 bits per heavy atom. The maximum atomic E-state index is 11.4. The van der Waals surface area contributed by atoms with Gasteiger partial charge in [0.05, 0.1) is 6.54 Å². The zero-order chi connectivity index (χ0) is 13.0. The summed E-state index contributed by atoms with van der Waals surface area (Å²) in [5.74, 6) is 0.144. The van der Waals surface area contributed by atoms with Gasteiger partial charge in [0.15, 0.2) is 0 Å². The van der Waals surface area contributed by atoms with E-state index >= 15 is 0 Å². The minimum Gasteiger partial charge on any atom is -0.872 e. The van der Waals surface area contributed by atoms with Crippen molar-refractivity contribution in [1.29, 1.82) is 0 Å². The Bertz CT molecular complexity index is 582. The van der Waals surface area contributed by atoms with Crippen molar-refractivity contribution in [1.82, 2.24) is 0 Å². The molecule has 2 rings (SSSR count). The number of halogens is 1. The molecule has 18 heavy (non-hydrogen) atoms. The monoisotopic (exact) mass is 304 g/mol. The molecule has 0 unspecified atom stereocenters. The molecule has 0 radical (unpaired) electrons. The highest BCUT2D eigenvalue weighted by Crippen LogP contribution is 2.22. The van der Waals surface area contributed by atoms with E-state index in [1.165, 1.54) is 12.3 Å². The molecule has 0 fully saturated rings. The summed E-state index contributed by atoms with van der Waals surface area (Å²) >= 11 is 3.33. The number of phenolic OH excluding ortho intramolecular Hbond substituents is 1. The van der Waals surface area contributed by atoms with Crippen LogP contribution < -0.4 is 5.11 Å². The highest BCUT2D eigenvalue weighted by molar-refractivity contribution is 9.10. The SMILES string of the molecule is [O-]c1ccccc1C=NCc1cc(Br)ccc1O. The van der Waals surface area contributed by atoms with Gasteiger partial charge in [-0.05, 0) is 23.8 Å². The van der Waals surface area contributed by atoms with Crippen LogP contribution in [-0.4, -0.2) is 11.3 Å². The van der Waals surface area contributed by atoms with Gasteiger partial charge in [0.2, 0.25) is 0 Å². The van der Waals surface area contributed by atoms with Crippen LogP contribution in [0.15, 0.2) is 51.9 Å². The van der Waals surface area contributed by atoms with E-state index in [0.29, 0.717) is 17.7 Å². The first-order valence-corrected chi connectivity index (χ1v) is 6.19. The lowest BCUT2D eigenvalue weighted by atomic mass is 10.2. The zero-order valence-corrected chi connectivity index (χ0v) is 11.1. The van der Waals surface area contributed by atoms with E-state index in [0.717, 1.165) is 4.47 Å². The third-order valence-corrected chi connectivity index (χ3v) is 2.95. The minimum atomic E-state index is -0.0558. The molecular weight excluding hydrogens is 294 g/mol. The summed E-state index contributed by atoms with van der Waals surface area (Å²) in [5, 5.41) is 21.1. The van der Waals surface area contributed by atoms with Gasteiger partial charge in [-0.3, -0.25) is 4.99 Å². The standard InChI is InChI=1S/C14H12BrNO2/c15-12-5-6-14(18)11(7-12)9-16-8-10-3-1-2-4-13(10)17/h1-8,17-18H,9H2/p-1. The molecule has 2 aromatic carbocycles. The first-order chi connectivity index (χ1) is 8.66. The number of phenols is 1. The fourth-order valence-electron chi connectivity index (χ4n) is 1.51. The molecule has 0 bridgehead atoms. The lowest BCUT2D eigenvalue weighted by Crippen LogP contribution is -1.95. The Morgan fingerprint density at radius 2 is 2.00 bits per heavy atom. The van der Waals surface area contributed by atoms with Crippen molar-refractivity contribution in [3.63, 3.8) is 0 Å². The summed E-state index contributed by atoms with van der Waals surface area (Å²) in [6.45, 7) is 0.333. The summed E-state index contributed by atoms with van der Waals surface area (Å²) in [5.41, 5.74) is 1.26. The van der Waals surface area contributed by atoms with E-state index in [9.17, 15) is 10.2 Å². The Kier molecular flexibility index (Phi) is 3.99. The third-order valence-electron chi connectivity index (χ3n) is 2.45. The molecule has 0 spiro atoms. The highest BCUT2D eigenvalue weighted by Gasteiger charge is 2.00. The second-order valence-electron chi connectivity index (χ2n) is 3.78. The molecule has 0 aliphatic heterocycles. The number of hydrogen-bond acceptors (Lipinski definition) is 3. The third kappa shape index (κ3) is 3.11. The maximum absolute atomic E-state index is 11.4. The topological polar surface area (TPSA) is 55.7 Å². The van der Waals surface area contributed by atoms with Gasteiger partial charge in [0.1, 0.15) is 5.75 Å². The minimum absolute atomic E-state index is 0.0558. The van der Waals surface area contributed by atoms with Gasteiger partial charge in [-0.15, -0.1) is 5.75 Å². The average Bonchev–Trinajstić information content (AvgIpc) is 2.36. The van der Waals surface area contributed by atoms with Crippen LogP contribution in [-0.2, 0) is 6.54 Å². The van der Waals surface area contributed by atoms with Crippen molar-refractivity contribution in [3.8, 4) is 11.5 Å². The van der Waals surface area contributed by atoms with Crippen LogP contribution in [0.5, 0.6) is 11.5 Å². The van der Waals surface area contributed by atoms with E-state index in [1.807, 2.05) is 0 Å².